The van der Waals surface area contributed by atoms with Crippen molar-refractivity contribution in [2.24, 2.45) is 0 Å². The maximum Gasteiger partial charge on any atom is 0.305 e. The lowest BCUT2D eigenvalue weighted by molar-refractivity contribution is -0.145. The molecule has 1 atom stereocenters. The summed E-state index contributed by atoms with van der Waals surface area (Å²) in [4.78, 5) is 28.0. The van der Waals surface area contributed by atoms with Gasteiger partial charge in [-0.1, -0.05) is 0 Å². The third-order valence-electron chi connectivity index (χ3n) is 4.03. The van der Waals surface area contributed by atoms with Crippen LogP contribution >= 0.6 is 0 Å². The van der Waals surface area contributed by atoms with Crippen molar-refractivity contribution >= 4 is 22.8 Å². The van der Waals surface area contributed by atoms with Crippen LogP contribution in [0.15, 0.2) is 24.4 Å². The van der Waals surface area contributed by atoms with Gasteiger partial charge in [-0.05, 0) is 23.8 Å². The highest BCUT2D eigenvalue weighted by atomic mass is 19.1. The molecule has 2 heterocycles. The Morgan fingerprint density at radius 1 is 1.43 bits per heavy atom. The molecule has 1 aromatic heterocycles. The van der Waals surface area contributed by atoms with E-state index in [2.05, 4.69) is 4.98 Å². The standard InChI is InChI=1S/C16H17FN2O4/c17-11-1-2-13-10(8-18-14(13)6-11)5-15(20)19-3-4-23-9-12(19)7-16(21)22/h1-2,6,8,12,18H,3-5,7,9H2,(H,21,22). The molecule has 1 aliphatic rings. The number of aliphatic carboxylic acids is 1. The van der Waals surface area contributed by atoms with Crippen LogP contribution in [0.4, 0.5) is 4.39 Å². The summed E-state index contributed by atoms with van der Waals surface area (Å²) < 4.78 is 18.5. The molecule has 1 fully saturated rings. The molecule has 122 valence electrons. The van der Waals surface area contributed by atoms with Crippen molar-refractivity contribution in [2.75, 3.05) is 19.8 Å². The van der Waals surface area contributed by atoms with Crippen LogP contribution in [-0.2, 0) is 20.7 Å². The average molecular weight is 320 g/mol. The molecule has 2 N–H and O–H groups in total. The molecule has 0 aliphatic carbocycles. The van der Waals surface area contributed by atoms with E-state index in [1.807, 2.05) is 0 Å². The van der Waals surface area contributed by atoms with Gasteiger partial charge in [0.15, 0.2) is 0 Å². The van der Waals surface area contributed by atoms with Gasteiger partial charge in [-0.3, -0.25) is 9.59 Å². The number of nitrogens with one attached hydrogen (secondary N) is 1. The number of carbonyl (C=O) groups excluding carboxylic acids is 1. The molecular weight excluding hydrogens is 303 g/mol. The number of carboxylic acid groups (broad SMARTS) is 1. The number of carbonyl (C=O) groups is 2. The zero-order valence-electron chi connectivity index (χ0n) is 12.4. The Morgan fingerprint density at radius 2 is 2.26 bits per heavy atom. The van der Waals surface area contributed by atoms with Crippen molar-refractivity contribution < 1.29 is 23.8 Å². The number of halogens is 1. The first-order valence-corrected chi connectivity index (χ1v) is 7.39. The van der Waals surface area contributed by atoms with Crippen LogP contribution in [0.3, 0.4) is 0 Å². The third-order valence-corrected chi connectivity index (χ3v) is 4.03. The second-order valence-corrected chi connectivity index (χ2v) is 5.59. The summed E-state index contributed by atoms with van der Waals surface area (Å²) in [7, 11) is 0. The number of benzene rings is 1. The lowest BCUT2D eigenvalue weighted by atomic mass is 10.1. The van der Waals surface area contributed by atoms with E-state index in [0.717, 1.165) is 10.9 Å². The molecule has 7 heteroatoms. The molecule has 1 amide bonds. The van der Waals surface area contributed by atoms with Gasteiger partial charge >= 0.3 is 5.97 Å². The molecule has 0 saturated carbocycles. The molecule has 2 aromatic rings. The highest BCUT2D eigenvalue weighted by molar-refractivity contribution is 5.89. The number of ether oxygens (including phenoxy) is 1. The molecule has 0 radical (unpaired) electrons. The molecule has 0 spiro atoms. The van der Waals surface area contributed by atoms with Crippen LogP contribution in [0.25, 0.3) is 10.9 Å². The summed E-state index contributed by atoms with van der Waals surface area (Å²) >= 11 is 0. The van der Waals surface area contributed by atoms with Gasteiger partial charge in [0.05, 0.1) is 32.1 Å². The Labute approximate surface area is 131 Å². The van der Waals surface area contributed by atoms with E-state index in [1.54, 1.807) is 17.2 Å². The molecule has 3 rings (SSSR count). The minimum atomic E-state index is -0.958. The molecule has 1 unspecified atom stereocenters. The Hall–Kier alpha value is -2.41. The van der Waals surface area contributed by atoms with E-state index in [-0.39, 0.29) is 31.2 Å². The van der Waals surface area contributed by atoms with Gasteiger partial charge in [-0.2, -0.15) is 0 Å². The zero-order valence-corrected chi connectivity index (χ0v) is 12.4. The largest absolute Gasteiger partial charge is 0.481 e. The van der Waals surface area contributed by atoms with Gasteiger partial charge in [0.1, 0.15) is 5.82 Å². The maximum atomic E-state index is 13.2. The minimum absolute atomic E-state index is 0.134. The predicted octanol–water partition coefficient (Wildman–Crippen LogP) is 1.55. The number of hydrogen-bond acceptors (Lipinski definition) is 3. The summed E-state index contributed by atoms with van der Waals surface area (Å²) in [5.74, 6) is -1.45. The highest BCUT2D eigenvalue weighted by Crippen LogP contribution is 2.21. The Kier molecular flexibility index (Phi) is 4.29. The number of morpholine rings is 1. The Morgan fingerprint density at radius 3 is 3.04 bits per heavy atom. The summed E-state index contributed by atoms with van der Waals surface area (Å²) in [6.45, 7) is 1.02. The molecule has 1 aliphatic heterocycles. The number of H-pyrrole nitrogens is 1. The zero-order chi connectivity index (χ0) is 16.4. The fourth-order valence-electron chi connectivity index (χ4n) is 2.92. The van der Waals surface area contributed by atoms with Gasteiger partial charge < -0.3 is 19.7 Å². The fourth-order valence-corrected chi connectivity index (χ4v) is 2.92. The number of aromatic nitrogens is 1. The van der Waals surface area contributed by atoms with Crippen LogP contribution in [0.1, 0.15) is 12.0 Å². The van der Waals surface area contributed by atoms with Crippen LogP contribution < -0.4 is 0 Å². The van der Waals surface area contributed by atoms with E-state index in [1.165, 1.54) is 12.1 Å². The van der Waals surface area contributed by atoms with Gasteiger partial charge in [-0.25, -0.2) is 4.39 Å². The Balaban J connectivity index is 1.77. The lowest BCUT2D eigenvalue weighted by Crippen LogP contribution is -2.50. The fraction of sp³-hybridized carbons (Fsp3) is 0.375. The molecule has 6 nitrogen and oxygen atoms in total. The summed E-state index contributed by atoms with van der Waals surface area (Å²) in [6.07, 6.45) is 1.70. The smallest absolute Gasteiger partial charge is 0.305 e. The van der Waals surface area contributed by atoms with Crippen molar-refractivity contribution in [2.45, 2.75) is 18.9 Å². The van der Waals surface area contributed by atoms with Crippen molar-refractivity contribution in [3.05, 3.63) is 35.8 Å². The van der Waals surface area contributed by atoms with Gasteiger partial charge in [0.2, 0.25) is 5.91 Å². The number of hydrogen-bond donors (Lipinski definition) is 2. The lowest BCUT2D eigenvalue weighted by Gasteiger charge is -2.34. The van der Waals surface area contributed by atoms with E-state index < -0.39 is 12.0 Å². The summed E-state index contributed by atoms with van der Waals surface area (Å²) in [5, 5.41) is 9.75. The quantitative estimate of drug-likeness (QED) is 0.895. The Bertz CT molecular complexity index is 743. The first kappa shape index (κ1) is 15.5. The van der Waals surface area contributed by atoms with Crippen LogP contribution in [0.2, 0.25) is 0 Å². The molecule has 0 bridgehead atoms. The van der Waals surface area contributed by atoms with Crippen LogP contribution in [0, 0.1) is 5.82 Å². The molecule has 1 saturated heterocycles. The van der Waals surface area contributed by atoms with E-state index in [9.17, 15) is 14.0 Å². The monoisotopic (exact) mass is 320 g/mol. The second kappa shape index (κ2) is 6.37. The normalized spacial score (nSPS) is 18.3. The van der Waals surface area contributed by atoms with E-state index >= 15 is 0 Å². The van der Waals surface area contributed by atoms with E-state index in [0.29, 0.717) is 18.7 Å². The summed E-state index contributed by atoms with van der Waals surface area (Å²) in [5.41, 5.74) is 1.41. The SMILES string of the molecule is O=C(O)CC1COCCN1C(=O)Cc1c[nH]c2cc(F)ccc12. The topological polar surface area (TPSA) is 82.6 Å². The molecule has 23 heavy (non-hydrogen) atoms. The van der Waals surface area contributed by atoms with Crippen molar-refractivity contribution in [3.8, 4) is 0 Å². The number of amides is 1. The predicted molar refractivity (Wildman–Crippen MR) is 80.5 cm³/mol. The number of fused-ring (bicyclic) bond motifs is 1. The third kappa shape index (κ3) is 3.34. The van der Waals surface area contributed by atoms with Gasteiger partial charge in [-0.15, -0.1) is 0 Å². The summed E-state index contributed by atoms with van der Waals surface area (Å²) in [6, 6.07) is 3.92. The first-order valence-electron chi connectivity index (χ1n) is 7.39. The van der Waals surface area contributed by atoms with Crippen LogP contribution in [0.5, 0.6) is 0 Å². The van der Waals surface area contributed by atoms with Gasteiger partial charge in [0, 0.05) is 23.6 Å². The molecule has 1 aromatic carbocycles. The number of rotatable bonds is 4. The average Bonchev–Trinajstić information content (AvgIpc) is 2.89. The van der Waals surface area contributed by atoms with E-state index in [4.69, 9.17) is 9.84 Å². The highest BCUT2D eigenvalue weighted by Gasteiger charge is 2.29. The first-order chi connectivity index (χ1) is 11.0. The number of nitrogens with zero attached hydrogens (tertiary/aromatic N) is 1. The molecular formula is C16H17FN2O4. The minimum Gasteiger partial charge on any atom is -0.481 e. The van der Waals surface area contributed by atoms with Crippen molar-refractivity contribution in [3.63, 3.8) is 0 Å². The second-order valence-electron chi connectivity index (χ2n) is 5.59. The van der Waals surface area contributed by atoms with Crippen LogP contribution in [-0.4, -0.2) is 52.7 Å². The number of carboxylic acids is 1. The number of aromatic amines is 1. The van der Waals surface area contributed by atoms with Crippen molar-refractivity contribution in [1.29, 1.82) is 0 Å². The maximum absolute atomic E-state index is 13.2. The van der Waals surface area contributed by atoms with Gasteiger partial charge in [0.25, 0.3) is 0 Å². The van der Waals surface area contributed by atoms with Crippen molar-refractivity contribution in [1.82, 2.24) is 9.88 Å².